The van der Waals surface area contributed by atoms with Crippen molar-refractivity contribution in [3.8, 4) is 0 Å². The topological polar surface area (TPSA) is 70.2 Å². The van der Waals surface area contributed by atoms with Gasteiger partial charge < -0.3 is 15.5 Å². The predicted molar refractivity (Wildman–Crippen MR) is 115 cm³/mol. The number of nitrogens with zero attached hydrogens (tertiary/aromatic N) is 3. The van der Waals surface area contributed by atoms with Crippen LogP contribution < -0.4 is 10.6 Å². The molecule has 0 radical (unpaired) electrons. The van der Waals surface area contributed by atoms with Crippen molar-refractivity contribution < 1.29 is 9.18 Å². The number of hydrogen-bond acceptors (Lipinski definition) is 5. The Morgan fingerprint density at radius 2 is 1.83 bits per heavy atom. The van der Waals surface area contributed by atoms with E-state index in [9.17, 15) is 9.18 Å². The fraction of sp³-hybridized carbons (Fsp3) is 0.261. The van der Waals surface area contributed by atoms with Crippen molar-refractivity contribution in [3.05, 3.63) is 78.5 Å². The molecule has 4 rings (SSSR count). The molecule has 0 unspecified atom stereocenters. The minimum atomic E-state index is -0.353. The van der Waals surface area contributed by atoms with Gasteiger partial charge in [-0.05, 0) is 49.2 Å². The number of likely N-dealkylation sites (tertiary alicyclic amines) is 1. The molecule has 3 aromatic rings. The van der Waals surface area contributed by atoms with Crippen LogP contribution in [0, 0.1) is 5.82 Å². The summed E-state index contributed by atoms with van der Waals surface area (Å²) < 4.78 is 13.7. The molecule has 2 aromatic heterocycles. The zero-order valence-electron chi connectivity index (χ0n) is 16.6. The first-order valence-electron chi connectivity index (χ1n) is 10.1. The Morgan fingerprint density at radius 1 is 1.03 bits per heavy atom. The maximum absolute atomic E-state index is 13.7. The Kier molecular flexibility index (Phi) is 6.17. The van der Waals surface area contributed by atoms with E-state index in [1.54, 1.807) is 30.6 Å². The fourth-order valence-corrected chi connectivity index (χ4v) is 3.65. The number of anilines is 3. The number of aromatic nitrogens is 2. The molecule has 0 atom stereocenters. The highest BCUT2D eigenvalue weighted by molar-refractivity contribution is 5.81. The smallest absolute Gasteiger partial charge is 0.241 e. The highest BCUT2D eigenvalue weighted by Gasteiger charge is 2.24. The van der Waals surface area contributed by atoms with Crippen LogP contribution in [0.2, 0.25) is 0 Å². The van der Waals surface area contributed by atoms with Crippen molar-refractivity contribution in [2.24, 2.45) is 0 Å². The third-order valence-electron chi connectivity index (χ3n) is 5.29. The molecule has 6 nitrogen and oxygen atoms in total. The van der Waals surface area contributed by atoms with Gasteiger partial charge in [-0.15, -0.1) is 0 Å². The number of amides is 1. The Bertz CT molecular complexity index is 990. The number of pyridine rings is 2. The number of carbonyl (C=O) groups is 1. The van der Waals surface area contributed by atoms with Crippen molar-refractivity contribution in [2.75, 3.05) is 30.3 Å². The van der Waals surface area contributed by atoms with Gasteiger partial charge in [0.05, 0.1) is 12.2 Å². The molecule has 0 spiro atoms. The summed E-state index contributed by atoms with van der Waals surface area (Å²) in [6, 6.07) is 16.1. The van der Waals surface area contributed by atoms with Crippen molar-refractivity contribution >= 4 is 23.1 Å². The van der Waals surface area contributed by atoms with Crippen LogP contribution in [0.1, 0.15) is 24.5 Å². The summed E-state index contributed by atoms with van der Waals surface area (Å²) in [7, 11) is 0. The second-order valence-electron chi connectivity index (χ2n) is 7.30. The second-order valence-corrected chi connectivity index (χ2v) is 7.30. The van der Waals surface area contributed by atoms with Gasteiger partial charge in [0.2, 0.25) is 5.91 Å². The second kappa shape index (κ2) is 9.35. The summed E-state index contributed by atoms with van der Waals surface area (Å²) in [5.41, 5.74) is 2.32. The van der Waals surface area contributed by atoms with Gasteiger partial charge >= 0.3 is 0 Å². The average molecular weight is 405 g/mol. The van der Waals surface area contributed by atoms with Crippen LogP contribution in [0.4, 0.5) is 21.6 Å². The lowest BCUT2D eigenvalue weighted by molar-refractivity contribution is -0.130. The number of rotatable bonds is 6. The molecule has 30 heavy (non-hydrogen) atoms. The molecular weight excluding hydrogens is 381 g/mol. The van der Waals surface area contributed by atoms with Crippen LogP contribution in [0.3, 0.4) is 0 Å². The lowest BCUT2D eigenvalue weighted by Crippen LogP contribution is -2.41. The molecule has 1 aliphatic heterocycles. The quantitative estimate of drug-likeness (QED) is 0.644. The first kappa shape index (κ1) is 19.8. The number of benzene rings is 1. The van der Waals surface area contributed by atoms with Gasteiger partial charge in [0.15, 0.2) is 0 Å². The van der Waals surface area contributed by atoms with Gasteiger partial charge in [0.1, 0.15) is 11.6 Å². The monoisotopic (exact) mass is 405 g/mol. The number of hydrogen-bond donors (Lipinski definition) is 2. The summed E-state index contributed by atoms with van der Waals surface area (Å²) in [5, 5.41) is 6.18. The average Bonchev–Trinajstić information content (AvgIpc) is 2.79. The van der Waals surface area contributed by atoms with Crippen LogP contribution in [0.15, 0.2) is 67.0 Å². The van der Waals surface area contributed by atoms with E-state index in [0.29, 0.717) is 24.7 Å². The highest BCUT2D eigenvalue weighted by atomic mass is 19.1. The van der Waals surface area contributed by atoms with Gasteiger partial charge in [0, 0.05) is 42.8 Å². The molecular formula is C23H24FN5O. The van der Waals surface area contributed by atoms with E-state index >= 15 is 0 Å². The van der Waals surface area contributed by atoms with E-state index in [-0.39, 0.29) is 18.3 Å². The molecule has 0 aliphatic carbocycles. The predicted octanol–water partition coefficient (Wildman–Crippen LogP) is 4.18. The fourth-order valence-electron chi connectivity index (χ4n) is 3.65. The van der Waals surface area contributed by atoms with Crippen molar-refractivity contribution in [3.63, 3.8) is 0 Å². The van der Waals surface area contributed by atoms with E-state index in [0.717, 1.165) is 30.0 Å². The molecule has 154 valence electrons. The SMILES string of the molecule is O=C(CNc1ccccc1F)N1CCC(c2cc(Nc3ccccn3)ccn2)CC1. The van der Waals surface area contributed by atoms with E-state index in [2.05, 4.69) is 26.7 Å². The number of nitrogens with one attached hydrogen (secondary N) is 2. The van der Waals surface area contributed by atoms with Crippen LogP contribution in [0.25, 0.3) is 0 Å². The number of para-hydroxylation sites is 1. The van der Waals surface area contributed by atoms with Crippen LogP contribution >= 0.6 is 0 Å². The van der Waals surface area contributed by atoms with Crippen molar-refractivity contribution in [1.82, 2.24) is 14.9 Å². The molecule has 1 amide bonds. The van der Waals surface area contributed by atoms with Crippen molar-refractivity contribution in [2.45, 2.75) is 18.8 Å². The zero-order chi connectivity index (χ0) is 20.8. The normalized spacial score (nSPS) is 14.4. The Hall–Kier alpha value is -3.48. The van der Waals surface area contributed by atoms with E-state index < -0.39 is 0 Å². The lowest BCUT2D eigenvalue weighted by atomic mass is 9.92. The lowest BCUT2D eigenvalue weighted by Gasteiger charge is -2.32. The molecule has 7 heteroatoms. The largest absolute Gasteiger partial charge is 0.374 e. The first-order valence-corrected chi connectivity index (χ1v) is 10.1. The van der Waals surface area contributed by atoms with Gasteiger partial charge in [-0.2, -0.15) is 0 Å². The van der Waals surface area contributed by atoms with Gasteiger partial charge in [-0.1, -0.05) is 18.2 Å². The Labute approximate surface area is 175 Å². The molecule has 1 saturated heterocycles. The summed E-state index contributed by atoms with van der Waals surface area (Å²) in [4.78, 5) is 23.2. The molecule has 0 saturated carbocycles. The molecule has 1 aromatic carbocycles. The van der Waals surface area contributed by atoms with Gasteiger partial charge in [-0.25, -0.2) is 9.37 Å². The first-order chi connectivity index (χ1) is 14.7. The standard InChI is InChI=1S/C23H24FN5O/c24-19-5-1-2-6-20(19)27-16-23(30)29-13-9-17(10-14-29)21-15-18(8-12-25-21)28-22-7-3-4-11-26-22/h1-8,11-12,15,17,27H,9-10,13-14,16H2,(H,25,26,28). The molecule has 2 N–H and O–H groups in total. The third-order valence-corrected chi connectivity index (χ3v) is 5.29. The number of halogens is 1. The Morgan fingerprint density at radius 3 is 2.60 bits per heavy atom. The zero-order valence-corrected chi connectivity index (χ0v) is 16.6. The minimum absolute atomic E-state index is 0.0183. The number of carbonyl (C=O) groups excluding carboxylic acids is 1. The summed E-state index contributed by atoms with van der Waals surface area (Å²) in [6.45, 7) is 1.43. The molecule has 1 aliphatic rings. The molecule has 1 fully saturated rings. The summed E-state index contributed by atoms with van der Waals surface area (Å²) >= 11 is 0. The van der Waals surface area contributed by atoms with Crippen LogP contribution in [-0.4, -0.2) is 40.4 Å². The molecule has 3 heterocycles. The van der Waals surface area contributed by atoms with Gasteiger partial charge in [-0.3, -0.25) is 9.78 Å². The third kappa shape index (κ3) is 4.92. The maximum Gasteiger partial charge on any atom is 0.241 e. The minimum Gasteiger partial charge on any atom is -0.374 e. The van der Waals surface area contributed by atoms with E-state index in [1.165, 1.54) is 6.07 Å². The number of piperidine rings is 1. The van der Waals surface area contributed by atoms with E-state index in [1.807, 2.05) is 29.2 Å². The summed E-state index contributed by atoms with van der Waals surface area (Å²) in [6.07, 6.45) is 5.26. The molecule has 0 bridgehead atoms. The highest BCUT2D eigenvalue weighted by Crippen LogP contribution is 2.28. The summed E-state index contributed by atoms with van der Waals surface area (Å²) in [5.74, 6) is 0.723. The maximum atomic E-state index is 13.7. The van der Waals surface area contributed by atoms with E-state index in [4.69, 9.17) is 0 Å². The Balaban J connectivity index is 1.30. The van der Waals surface area contributed by atoms with Crippen LogP contribution in [-0.2, 0) is 4.79 Å². The van der Waals surface area contributed by atoms with Gasteiger partial charge in [0.25, 0.3) is 0 Å². The van der Waals surface area contributed by atoms with Crippen LogP contribution in [0.5, 0.6) is 0 Å². The van der Waals surface area contributed by atoms with Crippen molar-refractivity contribution in [1.29, 1.82) is 0 Å².